The van der Waals surface area contributed by atoms with Crippen LogP contribution in [0.4, 0.5) is 14.5 Å². The highest BCUT2D eigenvalue weighted by atomic mass is 35.5. The maximum Gasteiger partial charge on any atom is 0.265 e. The molecule has 0 fully saturated rings. The number of anilines is 1. The van der Waals surface area contributed by atoms with Crippen LogP contribution in [0.5, 0.6) is 5.75 Å². The maximum atomic E-state index is 13.2. The Labute approximate surface area is 152 Å². The van der Waals surface area contributed by atoms with Gasteiger partial charge >= 0.3 is 0 Å². The third kappa shape index (κ3) is 5.99. The van der Waals surface area contributed by atoms with Crippen LogP contribution in [0.2, 0.25) is 0 Å². The van der Waals surface area contributed by atoms with E-state index < -0.39 is 17.7 Å². The van der Waals surface area contributed by atoms with E-state index >= 15 is 0 Å². The number of halogens is 3. The van der Waals surface area contributed by atoms with Gasteiger partial charge in [0.1, 0.15) is 5.75 Å². The molecule has 2 aromatic carbocycles. The molecule has 136 valence electrons. The van der Waals surface area contributed by atoms with Crippen LogP contribution in [0, 0.1) is 11.6 Å². The van der Waals surface area contributed by atoms with Crippen LogP contribution in [-0.2, 0) is 11.3 Å². The molecular weight excluding hydrogens is 350 g/mol. The zero-order valence-electron chi connectivity index (χ0n) is 14.0. The number of amides is 1. The number of carbonyl (C=O) groups is 1. The highest BCUT2D eigenvalue weighted by molar-refractivity contribution is 5.94. The van der Waals surface area contributed by atoms with Gasteiger partial charge in [-0.05, 0) is 37.2 Å². The largest absolute Gasteiger partial charge is 0.481 e. The van der Waals surface area contributed by atoms with Gasteiger partial charge in [-0.15, -0.1) is 12.4 Å². The minimum atomic E-state index is -1.02. The van der Waals surface area contributed by atoms with Crippen LogP contribution in [0.15, 0.2) is 42.5 Å². The summed E-state index contributed by atoms with van der Waals surface area (Å²) in [6.45, 7) is 4.99. The smallest absolute Gasteiger partial charge is 0.265 e. The first-order valence-electron chi connectivity index (χ1n) is 7.72. The molecule has 0 spiro atoms. The fourth-order valence-corrected chi connectivity index (χ4v) is 2.10. The van der Waals surface area contributed by atoms with Crippen molar-refractivity contribution in [2.24, 2.45) is 0 Å². The fourth-order valence-electron chi connectivity index (χ4n) is 2.10. The Morgan fingerprint density at radius 3 is 2.56 bits per heavy atom. The van der Waals surface area contributed by atoms with Crippen molar-refractivity contribution in [3.05, 3.63) is 59.7 Å². The number of para-hydroxylation sites is 1. The summed E-state index contributed by atoms with van der Waals surface area (Å²) in [5, 5.41) is 5.99. The van der Waals surface area contributed by atoms with E-state index in [-0.39, 0.29) is 24.1 Å². The summed E-state index contributed by atoms with van der Waals surface area (Å²) in [5.41, 5.74) is 1.64. The van der Waals surface area contributed by atoms with Gasteiger partial charge < -0.3 is 15.4 Å². The Hall–Kier alpha value is -2.18. The summed E-state index contributed by atoms with van der Waals surface area (Å²) in [4.78, 5) is 12.3. The molecule has 2 N–H and O–H groups in total. The average Bonchev–Trinajstić information content (AvgIpc) is 2.57. The number of hydrogen-bond donors (Lipinski definition) is 2. The van der Waals surface area contributed by atoms with Gasteiger partial charge in [-0.3, -0.25) is 4.79 Å². The van der Waals surface area contributed by atoms with Gasteiger partial charge in [-0.1, -0.05) is 25.1 Å². The van der Waals surface area contributed by atoms with Crippen molar-refractivity contribution in [1.29, 1.82) is 0 Å². The summed E-state index contributed by atoms with van der Waals surface area (Å²) >= 11 is 0. The molecule has 2 rings (SSSR count). The molecule has 0 aliphatic heterocycles. The predicted molar refractivity (Wildman–Crippen MR) is 96.1 cm³/mol. The number of carbonyl (C=O) groups excluding carboxylic acids is 1. The summed E-state index contributed by atoms with van der Waals surface area (Å²) < 4.78 is 31.5. The van der Waals surface area contributed by atoms with Crippen LogP contribution in [-0.4, -0.2) is 18.6 Å². The Morgan fingerprint density at radius 1 is 1.16 bits per heavy atom. The van der Waals surface area contributed by atoms with Gasteiger partial charge in [0.25, 0.3) is 5.91 Å². The van der Waals surface area contributed by atoms with Crippen LogP contribution in [0.3, 0.4) is 0 Å². The van der Waals surface area contributed by atoms with Gasteiger partial charge in [-0.25, -0.2) is 8.78 Å². The molecule has 25 heavy (non-hydrogen) atoms. The first kappa shape index (κ1) is 20.9. The highest BCUT2D eigenvalue weighted by Crippen LogP contribution is 2.19. The van der Waals surface area contributed by atoms with E-state index in [1.165, 1.54) is 6.07 Å². The second-order valence-electron chi connectivity index (χ2n) is 5.26. The monoisotopic (exact) mass is 370 g/mol. The molecule has 1 amide bonds. The maximum absolute atomic E-state index is 13.2. The zero-order valence-corrected chi connectivity index (χ0v) is 14.8. The van der Waals surface area contributed by atoms with E-state index in [2.05, 4.69) is 10.6 Å². The number of ether oxygens (including phenoxy) is 1. The van der Waals surface area contributed by atoms with Crippen LogP contribution >= 0.6 is 12.4 Å². The summed E-state index contributed by atoms with van der Waals surface area (Å²) in [5.74, 6) is -2.26. The van der Waals surface area contributed by atoms with Crippen molar-refractivity contribution in [2.45, 2.75) is 26.5 Å². The van der Waals surface area contributed by atoms with Gasteiger partial charge in [0, 0.05) is 18.3 Å². The van der Waals surface area contributed by atoms with Crippen molar-refractivity contribution >= 4 is 24.0 Å². The second kappa shape index (κ2) is 9.96. The summed E-state index contributed by atoms with van der Waals surface area (Å²) in [6.07, 6.45) is -0.859. The number of nitrogens with one attached hydrogen (secondary N) is 2. The number of hydrogen-bond acceptors (Lipinski definition) is 3. The first-order chi connectivity index (χ1) is 11.5. The van der Waals surface area contributed by atoms with E-state index in [0.29, 0.717) is 12.2 Å². The average molecular weight is 371 g/mol. The van der Waals surface area contributed by atoms with Gasteiger partial charge in [0.15, 0.2) is 17.7 Å². The minimum Gasteiger partial charge on any atom is -0.481 e. The summed E-state index contributed by atoms with van der Waals surface area (Å²) in [6, 6.07) is 10.6. The van der Waals surface area contributed by atoms with Gasteiger partial charge in [-0.2, -0.15) is 0 Å². The summed E-state index contributed by atoms with van der Waals surface area (Å²) in [7, 11) is 0. The predicted octanol–water partition coefficient (Wildman–Crippen LogP) is 3.90. The topological polar surface area (TPSA) is 50.4 Å². The third-order valence-electron chi connectivity index (χ3n) is 3.41. The molecule has 0 saturated heterocycles. The molecule has 4 nitrogen and oxygen atoms in total. The van der Waals surface area contributed by atoms with Crippen LogP contribution in [0.25, 0.3) is 0 Å². The lowest BCUT2D eigenvalue weighted by atomic mass is 10.1. The standard InChI is InChI=1S/C18H20F2N2O2.ClH/c1-3-21-11-13-6-4-5-7-17(13)22-18(23)12(2)24-14-8-9-15(19)16(20)10-14;/h4-10,12,21H,3,11H2,1-2H3,(H,22,23);1H. The minimum absolute atomic E-state index is 0. The second-order valence-corrected chi connectivity index (χ2v) is 5.26. The van der Waals surface area contributed by atoms with E-state index in [1.54, 1.807) is 13.0 Å². The van der Waals surface area contributed by atoms with Crippen molar-refractivity contribution in [3.8, 4) is 5.75 Å². The zero-order chi connectivity index (χ0) is 17.5. The molecule has 1 unspecified atom stereocenters. The lowest BCUT2D eigenvalue weighted by molar-refractivity contribution is -0.122. The van der Waals surface area contributed by atoms with Crippen LogP contribution in [0.1, 0.15) is 19.4 Å². The normalized spacial score (nSPS) is 11.4. The van der Waals surface area contributed by atoms with Crippen molar-refractivity contribution in [1.82, 2.24) is 5.32 Å². The van der Waals surface area contributed by atoms with Gasteiger partial charge in [0.2, 0.25) is 0 Å². The first-order valence-corrected chi connectivity index (χ1v) is 7.72. The van der Waals surface area contributed by atoms with E-state index in [1.807, 2.05) is 25.1 Å². The molecule has 1 atom stereocenters. The molecule has 0 saturated carbocycles. The van der Waals surface area contributed by atoms with Crippen LogP contribution < -0.4 is 15.4 Å². The van der Waals surface area contributed by atoms with Crippen molar-refractivity contribution in [3.63, 3.8) is 0 Å². The fraction of sp³-hybridized carbons (Fsp3) is 0.278. The number of benzene rings is 2. The Bertz CT molecular complexity index is 713. The lowest BCUT2D eigenvalue weighted by Crippen LogP contribution is -2.30. The van der Waals surface area contributed by atoms with Crippen molar-refractivity contribution < 1.29 is 18.3 Å². The quantitative estimate of drug-likeness (QED) is 0.777. The lowest BCUT2D eigenvalue weighted by Gasteiger charge is -2.16. The van der Waals surface area contributed by atoms with Gasteiger partial charge in [0.05, 0.1) is 0 Å². The molecule has 0 radical (unpaired) electrons. The Morgan fingerprint density at radius 2 is 1.88 bits per heavy atom. The molecule has 0 heterocycles. The van der Waals surface area contributed by atoms with E-state index in [4.69, 9.17) is 4.74 Å². The Balaban J connectivity index is 0.00000312. The highest BCUT2D eigenvalue weighted by Gasteiger charge is 2.17. The number of rotatable bonds is 7. The third-order valence-corrected chi connectivity index (χ3v) is 3.41. The molecule has 0 aliphatic rings. The molecule has 0 aromatic heterocycles. The molecule has 0 bridgehead atoms. The van der Waals surface area contributed by atoms with E-state index in [0.717, 1.165) is 24.2 Å². The van der Waals surface area contributed by atoms with E-state index in [9.17, 15) is 13.6 Å². The molecule has 2 aromatic rings. The SMILES string of the molecule is CCNCc1ccccc1NC(=O)C(C)Oc1ccc(F)c(F)c1.Cl. The molecule has 7 heteroatoms. The Kier molecular flexibility index (Phi) is 8.31. The molecule has 0 aliphatic carbocycles. The molecular formula is C18H21ClF2N2O2. The van der Waals surface area contributed by atoms with Crippen molar-refractivity contribution in [2.75, 3.05) is 11.9 Å².